The fraction of sp³-hybridized carbons (Fsp3) is 0.588. The normalized spacial score (nSPS) is 16.8. The van der Waals surface area contributed by atoms with E-state index in [1.807, 2.05) is 0 Å². The zero-order valence-corrected chi connectivity index (χ0v) is 15.2. The summed E-state index contributed by atoms with van der Waals surface area (Å²) in [7, 11) is -3.30. The summed E-state index contributed by atoms with van der Waals surface area (Å²) in [5, 5.41) is 2.91. The minimum atomic E-state index is -3.30. The maximum atomic E-state index is 12.1. The number of piperidine rings is 1. The number of hydrogen-bond acceptors (Lipinski definition) is 4. The van der Waals surface area contributed by atoms with E-state index in [1.165, 1.54) is 12.8 Å². The molecule has 1 aliphatic rings. The molecule has 0 radical (unpaired) electrons. The van der Waals surface area contributed by atoms with Gasteiger partial charge in [0.25, 0.3) is 5.91 Å². The van der Waals surface area contributed by atoms with Crippen LogP contribution in [0.25, 0.3) is 0 Å². The molecule has 134 valence electrons. The number of hydrogen-bond donors (Lipinski definition) is 2. The molecular weight excluding hydrogens is 326 g/mol. The van der Waals surface area contributed by atoms with E-state index in [2.05, 4.69) is 21.9 Å². The SMILES string of the molecule is CC1CCN(CCCNC(=O)c2ccc(NS(C)(=O)=O)cc2)CC1. The largest absolute Gasteiger partial charge is 0.352 e. The van der Waals surface area contributed by atoms with E-state index in [1.54, 1.807) is 24.3 Å². The molecule has 6 nitrogen and oxygen atoms in total. The maximum Gasteiger partial charge on any atom is 0.251 e. The molecule has 0 saturated carbocycles. The standard InChI is InChI=1S/C17H27N3O3S/c1-14-8-12-20(13-9-14)11-3-10-18-17(21)15-4-6-16(7-5-15)19-24(2,22)23/h4-7,14,19H,3,8-13H2,1-2H3,(H,18,21). The predicted octanol–water partition coefficient (Wildman–Crippen LogP) is 1.91. The predicted molar refractivity (Wildman–Crippen MR) is 96.7 cm³/mol. The second-order valence-electron chi connectivity index (χ2n) is 6.59. The summed E-state index contributed by atoms with van der Waals surface area (Å²) in [4.78, 5) is 14.5. The third-order valence-electron chi connectivity index (χ3n) is 4.26. The maximum absolute atomic E-state index is 12.1. The van der Waals surface area contributed by atoms with Crippen LogP contribution >= 0.6 is 0 Å². The number of carbonyl (C=O) groups excluding carboxylic acids is 1. The topological polar surface area (TPSA) is 78.5 Å². The van der Waals surface area contributed by atoms with Crippen molar-refractivity contribution in [1.29, 1.82) is 0 Å². The Kier molecular flexibility index (Phi) is 6.62. The van der Waals surface area contributed by atoms with Crippen molar-refractivity contribution >= 4 is 21.6 Å². The van der Waals surface area contributed by atoms with Crippen LogP contribution in [-0.2, 0) is 10.0 Å². The van der Waals surface area contributed by atoms with Gasteiger partial charge in [-0.3, -0.25) is 9.52 Å². The van der Waals surface area contributed by atoms with Gasteiger partial charge in [-0.05, 0) is 69.1 Å². The van der Waals surface area contributed by atoms with Crippen LogP contribution in [0.1, 0.15) is 36.5 Å². The molecule has 1 heterocycles. The molecule has 0 unspecified atom stereocenters. The van der Waals surface area contributed by atoms with Crippen molar-refractivity contribution in [2.45, 2.75) is 26.2 Å². The van der Waals surface area contributed by atoms with E-state index in [0.717, 1.165) is 38.2 Å². The third kappa shape index (κ3) is 6.49. The average Bonchev–Trinajstić information content (AvgIpc) is 2.52. The highest BCUT2D eigenvalue weighted by molar-refractivity contribution is 7.92. The molecular formula is C17H27N3O3S. The van der Waals surface area contributed by atoms with E-state index < -0.39 is 10.0 Å². The fourth-order valence-corrected chi connectivity index (χ4v) is 3.36. The first-order valence-corrected chi connectivity index (χ1v) is 10.3. The van der Waals surface area contributed by atoms with Gasteiger partial charge < -0.3 is 10.2 Å². The highest BCUT2D eigenvalue weighted by atomic mass is 32.2. The lowest BCUT2D eigenvalue weighted by Crippen LogP contribution is -2.35. The Morgan fingerprint density at radius 2 is 1.83 bits per heavy atom. The van der Waals surface area contributed by atoms with Crippen LogP contribution in [0.2, 0.25) is 0 Å². The van der Waals surface area contributed by atoms with Gasteiger partial charge in [-0.1, -0.05) is 6.92 Å². The number of carbonyl (C=O) groups is 1. The second-order valence-corrected chi connectivity index (χ2v) is 8.33. The average molecular weight is 353 g/mol. The van der Waals surface area contributed by atoms with Crippen molar-refractivity contribution in [3.05, 3.63) is 29.8 Å². The summed E-state index contributed by atoms with van der Waals surface area (Å²) in [6.45, 7) is 6.28. The molecule has 0 atom stereocenters. The highest BCUT2D eigenvalue weighted by Gasteiger charge is 2.15. The van der Waals surface area contributed by atoms with Crippen molar-refractivity contribution in [3.63, 3.8) is 0 Å². The van der Waals surface area contributed by atoms with Gasteiger partial charge in [-0.25, -0.2) is 8.42 Å². The zero-order valence-electron chi connectivity index (χ0n) is 14.4. The molecule has 1 aromatic rings. The number of likely N-dealkylation sites (tertiary alicyclic amines) is 1. The van der Waals surface area contributed by atoms with Gasteiger partial charge in [0.2, 0.25) is 10.0 Å². The lowest BCUT2D eigenvalue weighted by Gasteiger charge is -2.30. The van der Waals surface area contributed by atoms with Gasteiger partial charge in [-0.15, -0.1) is 0 Å². The summed E-state index contributed by atoms with van der Waals surface area (Å²) in [6, 6.07) is 6.42. The zero-order chi connectivity index (χ0) is 17.6. The van der Waals surface area contributed by atoms with Gasteiger partial charge in [0.05, 0.1) is 6.26 Å². The van der Waals surface area contributed by atoms with Crippen LogP contribution in [-0.4, -0.2) is 51.7 Å². The number of nitrogens with one attached hydrogen (secondary N) is 2. The van der Waals surface area contributed by atoms with Gasteiger partial charge in [0, 0.05) is 17.8 Å². The molecule has 24 heavy (non-hydrogen) atoms. The van der Waals surface area contributed by atoms with Crippen molar-refractivity contribution in [2.75, 3.05) is 37.2 Å². The van der Waals surface area contributed by atoms with Gasteiger partial charge in [-0.2, -0.15) is 0 Å². The molecule has 7 heteroatoms. The van der Waals surface area contributed by atoms with Crippen LogP contribution in [0.5, 0.6) is 0 Å². The molecule has 2 rings (SSSR count). The lowest BCUT2D eigenvalue weighted by atomic mass is 9.99. The van der Waals surface area contributed by atoms with Crippen LogP contribution in [0, 0.1) is 5.92 Å². The number of amides is 1. The van der Waals surface area contributed by atoms with Gasteiger partial charge in [0.1, 0.15) is 0 Å². The Balaban J connectivity index is 1.70. The molecule has 1 amide bonds. The number of nitrogens with zero attached hydrogens (tertiary/aromatic N) is 1. The summed E-state index contributed by atoms with van der Waals surface area (Å²) < 4.78 is 24.7. The van der Waals surface area contributed by atoms with Crippen molar-refractivity contribution in [3.8, 4) is 0 Å². The fourth-order valence-electron chi connectivity index (χ4n) is 2.80. The first-order chi connectivity index (χ1) is 11.3. The van der Waals surface area contributed by atoms with Crippen LogP contribution in [0.3, 0.4) is 0 Å². The van der Waals surface area contributed by atoms with E-state index in [0.29, 0.717) is 17.8 Å². The van der Waals surface area contributed by atoms with Crippen LogP contribution in [0.4, 0.5) is 5.69 Å². The van der Waals surface area contributed by atoms with Gasteiger partial charge >= 0.3 is 0 Å². The molecule has 1 aromatic carbocycles. The molecule has 1 saturated heterocycles. The lowest BCUT2D eigenvalue weighted by molar-refractivity contribution is 0.0950. The Labute approximate surface area is 144 Å². The molecule has 0 aliphatic carbocycles. The van der Waals surface area contributed by atoms with Crippen molar-refractivity contribution < 1.29 is 13.2 Å². The van der Waals surface area contributed by atoms with Gasteiger partial charge in [0.15, 0.2) is 0 Å². The van der Waals surface area contributed by atoms with E-state index in [4.69, 9.17) is 0 Å². The minimum Gasteiger partial charge on any atom is -0.352 e. The summed E-state index contributed by atoms with van der Waals surface area (Å²) in [6.07, 6.45) is 4.56. The number of benzene rings is 1. The molecule has 0 aromatic heterocycles. The Morgan fingerprint density at radius 1 is 1.21 bits per heavy atom. The number of sulfonamides is 1. The highest BCUT2D eigenvalue weighted by Crippen LogP contribution is 2.15. The van der Waals surface area contributed by atoms with E-state index in [-0.39, 0.29) is 5.91 Å². The first kappa shape index (κ1) is 18.7. The molecule has 2 N–H and O–H groups in total. The first-order valence-electron chi connectivity index (χ1n) is 8.42. The van der Waals surface area contributed by atoms with Crippen molar-refractivity contribution in [2.24, 2.45) is 5.92 Å². The Bertz CT molecular complexity index is 636. The number of anilines is 1. The quantitative estimate of drug-likeness (QED) is 0.734. The second kappa shape index (κ2) is 8.48. The summed E-state index contributed by atoms with van der Waals surface area (Å²) in [5.74, 6) is 0.703. The Morgan fingerprint density at radius 3 is 2.42 bits per heavy atom. The smallest absolute Gasteiger partial charge is 0.251 e. The van der Waals surface area contributed by atoms with Crippen molar-refractivity contribution in [1.82, 2.24) is 10.2 Å². The summed E-state index contributed by atoms with van der Waals surface area (Å²) in [5.41, 5.74) is 0.981. The minimum absolute atomic E-state index is 0.131. The van der Waals surface area contributed by atoms with Crippen LogP contribution < -0.4 is 10.0 Å². The monoisotopic (exact) mass is 353 g/mol. The molecule has 1 fully saturated rings. The van der Waals surface area contributed by atoms with E-state index in [9.17, 15) is 13.2 Å². The Hall–Kier alpha value is -1.60. The molecule has 0 bridgehead atoms. The van der Waals surface area contributed by atoms with Crippen LogP contribution in [0.15, 0.2) is 24.3 Å². The molecule has 1 aliphatic heterocycles. The van der Waals surface area contributed by atoms with E-state index >= 15 is 0 Å². The third-order valence-corrected chi connectivity index (χ3v) is 4.87. The molecule has 0 spiro atoms. The number of rotatable bonds is 7. The summed E-state index contributed by atoms with van der Waals surface area (Å²) >= 11 is 0.